The molecular weight excluding hydrogens is 300 g/mol. The number of hydrogen-bond donors (Lipinski definition) is 2. The van der Waals surface area contributed by atoms with Crippen molar-refractivity contribution in [3.63, 3.8) is 0 Å². The fourth-order valence-corrected chi connectivity index (χ4v) is 2.82. The van der Waals surface area contributed by atoms with E-state index in [0.717, 1.165) is 15.7 Å². The molecule has 2 rings (SSSR count). The average molecular weight is 311 g/mol. The predicted molar refractivity (Wildman–Crippen MR) is 75.6 cm³/mol. The monoisotopic (exact) mass is 310 g/mol. The first-order chi connectivity index (χ1) is 8.06. The van der Waals surface area contributed by atoms with E-state index in [1.54, 1.807) is 11.4 Å². The topological polar surface area (TPSA) is 55.1 Å². The Labute approximate surface area is 112 Å². The lowest BCUT2D eigenvalue weighted by molar-refractivity contribution is 0.103. The minimum Gasteiger partial charge on any atom is -0.397 e. The lowest BCUT2D eigenvalue weighted by Crippen LogP contribution is -2.11. The number of nitrogens with one attached hydrogen (secondary N) is 1. The molecule has 0 aliphatic carbocycles. The van der Waals surface area contributed by atoms with Gasteiger partial charge in [0.1, 0.15) is 4.88 Å². The molecule has 0 saturated carbocycles. The van der Waals surface area contributed by atoms with Crippen LogP contribution in [0.15, 0.2) is 34.1 Å². The lowest BCUT2D eigenvalue weighted by Gasteiger charge is -2.06. The van der Waals surface area contributed by atoms with Crippen LogP contribution in [0.2, 0.25) is 0 Å². The van der Waals surface area contributed by atoms with Gasteiger partial charge in [0.15, 0.2) is 0 Å². The van der Waals surface area contributed by atoms with E-state index in [-0.39, 0.29) is 5.91 Å². The number of halogens is 1. The normalized spacial score (nSPS) is 10.2. The Kier molecular flexibility index (Phi) is 3.49. The van der Waals surface area contributed by atoms with E-state index in [1.165, 1.54) is 11.3 Å². The zero-order chi connectivity index (χ0) is 12.4. The Morgan fingerprint density at radius 2 is 2.18 bits per heavy atom. The van der Waals surface area contributed by atoms with Gasteiger partial charge in [0.2, 0.25) is 0 Å². The fourth-order valence-electron chi connectivity index (χ4n) is 1.50. The van der Waals surface area contributed by atoms with Crippen LogP contribution in [0, 0.1) is 6.92 Å². The van der Waals surface area contributed by atoms with Crippen LogP contribution in [0.4, 0.5) is 11.4 Å². The van der Waals surface area contributed by atoms with Gasteiger partial charge in [-0.15, -0.1) is 11.3 Å². The van der Waals surface area contributed by atoms with Crippen molar-refractivity contribution in [2.75, 3.05) is 11.1 Å². The van der Waals surface area contributed by atoms with Crippen LogP contribution in [0.25, 0.3) is 0 Å². The minimum absolute atomic E-state index is 0.171. The van der Waals surface area contributed by atoms with Crippen molar-refractivity contribution in [2.24, 2.45) is 0 Å². The number of rotatable bonds is 2. The third kappa shape index (κ3) is 2.87. The first-order valence-electron chi connectivity index (χ1n) is 4.98. The molecule has 0 atom stereocenters. The molecular formula is C12H11BrN2OS. The van der Waals surface area contributed by atoms with Crippen molar-refractivity contribution in [3.05, 3.63) is 44.6 Å². The fraction of sp³-hybridized carbons (Fsp3) is 0.0833. The van der Waals surface area contributed by atoms with Gasteiger partial charge in [0.25, 0.3) is 5.91 Å². The smallest absolute Gasteiger partial charge is 0.267 e. The number of aryl methyl sites for hydroxylation is 1. The number of anilines is 2. The number of nitrogen functional groups attached to an aromatic ring is 1. The molecule has 1 heterocycles. The Hall–Kier alpha value is -1.33. The first-order valence-corrected chi connectivity index (χ1v) is 6.65. The van der Waals surface area contributed by atoms with Crippen LogP contribution in [-0.4, -0.2) is 5.91 Å². The summed E-state index contributed by atoms with van der Waals surface area (Å²) < 4.78 is 0.937. The van der Waals surface area contributed by atoms with Gasteiger partial charge in [-0.2, -0.15) is 0 Å². The molecule has 1 aromatic carbocycles. The number of nitrogens with two attached hydrogens (primary N) is 1. The highest BCUT2D eigenvalue weighted by molar-refractivity contribution is 9.10. The van der Waals surface area contributed by atoms with Gasteiger partial charge in [-0.25, -0.2) is 0 Å². The third-order valence-corrected chi connectivity index (χ3v) is 3.59. The summed E-state index contributed by atoms with van der Waals surface area (Å²) in [5, 5.41) is 4.63. The summed E-state index contributed by atoms with van der Waals surface area (Å²) in [5.74, 6) is -0.171. The molecule has 0 aliphatic rings. The summed E-state index contributed by atoms with van der Waals surface area (Å²) in [5.41, 5.74) is 8.04. The number of benzene rings is 1. The molecule has 1 amide bonds. The van der Waals surface area contributed by atoms with E-state index in [1.807, 2.05) is 25.1 Å². The molecule has 0 aliphatic heterocycles. The summed E-state index contributed by atoms with van der Waals surface area (Å²) in [6.07, 6.45) is 0. The maximum absolute atomic E-state index is 11.9. The van der Waals surface area contributed by atoms with Gasteiger partial charge < -0.3 is 11.1 Å². The number of thiophene rings is 1. The number of amides is 1. The van der Waals surface area contributed by atoms with E-state index >= 15 is 0 Å². The highest BCUT2D eigenvalue weighted by Gasteiger charge is 2.11. The van der Waals surface area contributed by atoms with Crippen LogP contribution in [0.3, 0.4) is 0 Å². The minimum atomic E-state index is -0.171. The van der Waals surface area contributed by atoms with E-state index < -0.39 is 0 Å². The molecule has 0 radical (unpaired) electrons. The van der Waals surface area contributed by atoms with E-state index in [2.05, 4.69) is 21.2 Å². The quantitative estimate of drug-likeness (QED) is 0.889. The molecule has 0 bridgehead atoms. The maximum Gasteiger partial charge on any atom is 0.267 e. The van der Waals surface area contributed by atoms with Gasteiger partial charge in [0.05, 0.1) is 5.69 Å². The lowest BCUT2D eigenvalue weighted by atomic mass is 10.2. The van der Waals surface area contributed by atoms with Gasteiger partial charge in [-0.05, 0) is 42.1 Å². The Morgan fingerprint density at radius 1 is 1.41 bits per heavy atom. The van der Waals surface area contributed by atoms with Gasteiger partial charge in [-0.1, -0.05) is 15.9 Å². The molecule has 3 nitrogen and oxygen atoms in total. The van der Waals surface area contributed by atoms with Crippen LogP contribution < -0.4 is 11.1 Å². The van der Waals surface area contributed by atoms with Crippen molar-refractivity contribution in [1.29, 1.82) is 0 Å². The SMILES string of the molecule is Cc1cc(Br)cc(NC(=O)c2sccc2N)c1. The molecule has 17 heavy (non-hydrogen) atoms. The maximum atomic E-state index is 11.9. The summed E-state index contributed by atoms with van der Waals surface area (Å²) in [4.78, 5) is 12.5. The Morgan fingerprint density at radius 3 is 2.76 bits per heavy atom. The molecule has 0 unspecified atom stereocenters. The standard InChI is InChI=1S/C12H11BrN2OS/c1-7-4-8(13)6-9(5-7)15-12(16)11-10(14)2-3-17-11/h2-6H,14H2,1H3,(H,15,16). The summed E-state index contributed by atoms with van der Waals surface area (Å²) in [6, 6.07) is 7.47. The van der Waals surface area contributed by atoms with Crippen molar-refractivity contribution in [3.8, 4) is 0 Å². The number of carbonyl (C=O) groups is 1. The molecule has 0 spiro atoms. The van der Waals surface area contributed by atoms with Crippen molar-refractivity contribution >= 4 is 44.5 Å². The molecule has 0 fully saturated rings. The van der Waals surface area contributed by atoms with Crippen LogP contribution in [0.1, 0.15) is 15.2 Å². The van der Waals surface area contributed by atoms with Crippen LogP contribution >= 0.6 is 27.3 Å². The van der Waals surface area contributed by atoms with Gasteiger partial charge >= 0.3 is 0 Å². The number of carbonyl (C=O) groups excluding carboxylic acids is 1. The van der Waals surface area contributed by atoms with Crippen molar-refractivity contribution in [2.45, 2.75) is 6.92 Å². The second kappa shape index (κ2) is 4.89. The van der Waals surface area contributed by atoms with E-state index in [9.17, 15) is 4.79 Å². The number of hydrogen-bond acceptors (Lipinski definition) is 3. The molecule has 88 valence electrons. The second-order valence-electron chi connectivity index (χ2n) is 3.68. The summed E-state index contributed by atoms with van der Waals surface area (Å²) in [6.45, 7) is 1.97. The van der Waals surface area contributed by atoms with Crippen molar-refractivity contribution < 1.29 is 4.79 Å². The van der Waals surface area contributed by atoms with Crippen LogP contribution in [0.5, 0.6) is 0 Å². The zero-order valence-corrected chi connectivity index (χ0v) is 11.6. The second-order valence-corrected chi connectivity index (χ2v) is 5.51. The average Bonchev–Trinajstić information content (AvgIpc) is 2.62. The van der Waals surface area contributed by atoms with Crippen molar-refractivity contribution in [1.82, 2.24) is 0 Å². The highest BCUT2D eigenvalue weighted by Crippen LogP contribution is 2.23. The molecule has 0 saturated heterocycles. The Bertz CT molecular complexity index is 545. The third-order valence-electron chi connectivity index (χ3n) is 2.20. The first kappa shape index (κ1) is 12.1. The highest BCUT2D eigenvalue weighted by atomic mass is 79.9. The molecule has 3 N–H and O–H groups in total. The molecule has 5 heteroatoms. The Balaban J connectivity index is 2.21. The van der Waals surface area contributed by atoms with Gasteiger partial charge in [-0.3, -0.25) is 4.79 Å². The largest absolute Gasteiger partial charge is 0.397 e. The molecule has 2 aromatic rings. The van der Waals surface area contributed by atoms with Crippen LogP contribution in [-0.2, 0) is 0 Å². The summed E-state index contributed by atoms with van der Waals surface area (Å²) >= 11 is 4.73. The predicted octanol–water partition coefficient (Wildman–Crippen LogP) is 3.65. The summed E-state index contributed by atoms with van der Waals surface area (Å²) in [7, 11) is 0. The van der Waals surface area contributed by atoms with E-state index in [4.69, 9.17) is 5.73 Å². The van der Waals surface area contributed by atoms with Gasteiger partial charge in [0, 0.05) is 10.2 Å². The zero-order valence-electron chi connectivity index (χ0n) is 9.16. The van der Waals surface area contributed by atoms with E-state index in [0.29, 0.717) is 10.6 Å². The molecule has 1 aromatic heterocycles.